The van der Waals surface area contributed by atoms with E-state index in [0.29, 0.717) is 87.1 Å². The first kappa shape index (κ1) is 74.9. The summed E-state index contributed by atoms with van der Waals surface area (Å²) in [5, 5.41) is 45.7. The van der Waals surface area contributed by atoms with Crippen molar-refractivity contribution in [1.29, 1.82) is 0 Å². The fraction of sp³-hybridized carbons (Fsp3) is 0.731. The summed E-state index contributed by atoms with van der Waals surface area (Å²) < 4.78 is 97.0. The Balaban J connectivity index is 0.000000137. The van der Waals surface area contributed by atoms with Crippen LogP contribution in [0.25, 0.3) is 0 Å². The molecule has 0 aromatic heterocycles. The van der Waals surface area contributed by atoms with Crippen LogP contribution in [0.3, 0.4) is 0 Å². The number of hydrogen-bond donors (Lipinski definition) is 5. The van der Waals surface area contributed by atoms with Crippen LogP contribution in [0.5, 0.6) is 17.2 Å². The highest BCUT2D eigenvalue weighted by Gasteiger charge is 2.66. The van der Waals surface area contributed by atoms with Crippen molar-refractivity contribution in [3.63, 3.8) is 0 Å². The number of carboxylic acids is 1. The average Bonchev–Trinajstić information content (AvgIpc) is 0.702. The van der Waals surface area contributed by atoms with Gasteiger partial charge in [0.05, 0.1) is 77.1 Å². The van der Waals surface area contributed by atoms with Crippen LogP contribution in [-0.4, -0.2) is 169 Å². The molecule has 554 valence electrons. The van der Waals surface area contributed by atoms with E-state index in [4.69, 9.17) is 14.2 Å². The zero-order valence-corrected chi connectivity index (χ0v) is 63.9. The molecule has 3 aromatic rings. The molecule has 12 atom stereocenters. The van der Waals surface area contributed by atoms with Crippen LogP contribution >= 0.6 is 0 Å². The molecule has 0 bridgehead atoms. The number of ether oxygens (including phenoxy) is 3. The summed E-state index contributed by atoms with van der Waals surface area (Å²) in [5.41, 5.74) is 0.777. The van der Waals surface area contributed by atoms with E-state index >= 15 is 0 Å². The average molecular weight is 1440 g/mol. The Morgan fingerprint density at radius 2 is 0.680 bits per heavy atom. The predicted molar refractivity (Wildman–Crippen MR) is 382 cm³/mol. The number of nitrogens with zero attached hydrogens (tertiary/aromatic N) is 2. The molecule has 0 radical (unpaired) electrons. The molecule has 6 saturated carbocycles. The number of sulfone groups is 3. The van der Waals surface area contributed by atoms with E-state index in [9.17, 15) is 60.1 Å². The summed E-state index contributed by atoms with van der Waals surface area (Å²) in [6.07, 6.45) is 15.5. The first-order valence-corrected chi connectivity index (χ1v) is 42.2. The molecule has 2 amide bonds. The zero-order chi connectivity index (χ0) is 72.6. The molecule has 5 N–H and O–H groups in total. The van der Waals surface area contributed by atoms with Gasteiger partial charge in [0, 0.05) is 83.3 Å². The van der Waals surface area contributed by atoms with Gasteiger partial charge in [0.15, 0.2) is 29.5 Å². The zero-order valence-electron chi connectivity index (χ0n) is 61.4. The third-order valence-electron chi connectivity index (χ3n) is 28.7. The van der Waals surface area contributed by atoms with Crippen molar-refractivity contribution in [3.8, 4) is 17.2 Å². The predicted octanol–water partition coefficient (Wildman–Crippen LogP) is 12.3. The molecule has 6 heterocycles. The number of carbonyl (C=O) groups excluding carboxylic acids is 2. The first-order valence-electron chi connectivity index (χ1n) is 37.2. The van der Waals surface area contributed by atoms with Gasteiger partial charge < -0.3 is 49.8 Å². The van der Waals surface area contributed by atoms with Gasteiger partial charge in [0.1, 0.15) is 17.2 Å². The lowest BCUT2D eigenvalue weighted by atomic mass is 9.43. The number of nitrogens with one attached hydrogen (secondary N) is 1. The lowest BCUT2D eigenvalue weighted by Gasteiger charge is -2.63. The SMILES string of the molecule is C1COCCN1.CC1(C)CCC[C@]2(C)[C@H]3CS(=O)(=O)c4cc(C(=O)N5CCOCC5)cc(O)c4[C@]3(C)CC[C@@H]12.CC1(C)CCC[C@]2(C)[C@H]3CS(=O)(=O)c4cc(C(=O)N5CCOCC5)cc(O)c4[C@]3(C)CC[C@@H]12.CC1(C)CCC[C@]2(C)[C@H]3CS(=O)(=O)c4cc(C(=O)O)cc(O)c4[C@]3(C)CC[C@@H]12. The van der Waals surface area contributed by atoms with Gasteiger partial charge in [0.2, 0.25) is 0 Å². The lowest BCUT2D eigenvalue weighted by Crippen LogP contribution is -2.59. The van der Waals surface area contributed by atoms with Gasteiger partial charge in [0.25, 0.3) is 11.8 Å². The summed E-state index contributed by atoms with van der Waals surface area (Å²) in [7, 11) is -11.0. The van der Waals surface area contributed by atoms with Crippen LogP contribution in [-0.2, 0) is 60.0 Å². The second-order valence-electron chi connectivity index (χ2n) is 35.7. The highest BCUT2D eigenvalue weighted by atomic mass is 32.2. The Labute approximate surface area is 594 Å². The number of aromatic carboxylic acids is 1. The highest BCUT2D eigenvalue weighted by Crippen LogP contribution is 2.71. The molecule has 22 heteroatoms. The van der Waals surface area contributed by atoms with Crippen molar-refractivity contribution in [3.05, 3.63) is 69.8 Å². The number of amides is 2. The molecular weight excluding hydrogens is 1330 g/mol. The smallest absolute Gasteiger partial charge is 0.335 e. The standard InChI is InChI=1S/2C26H37NO5S.C22H30O5S.C4H9NO/c2*1-24(2)7-5-8-25(3)20(24)6-9-26(4)21(25)16-33(30,31)19-15-17(14-18(28)22(19)26)23(29)27-10-12-32-13-11-27;1-20(2)7-5-8-21(3)16(20)6-9-22(4)17(21)12-28(26,27)15-11-13(19(24)25)10-14(23)18(15)22;1-3-6-4-2-5-1/h2*14-15,20-21,28H,5-13,16H2,1-4H3;10-11,16-17,23H,5-9,12H2,1-4H3,(H,24,25);5H,1-4H2/t2*20-,21+,25-,26+;16-,17+,21-,22+;/m000./s1. The fourth-order valence-corrected chi connectivity index (χ4v) is 30.9. The minimum absolute atomic E-state index is 0.0146. The van der Waals surface area contributed by atoms with E-state index in [0.717, 1.165) is 110 Å². The number of carbonyl (C=O) groups is 3. The van der Waals surface area contributed by atoms with Crippen LogP contribution in [0, 0.1) is 68.0 Å². The molecule has 3 aromatic carbocycles. The summed E-state index contributed by atoms with van der Waals surface area (Å²) in [6.45, 7) is 34.8. The number of phenolic OH excluding ortho intramolecular Hbond substituents is 3. The van der Waals surface area contributed by atoms with Crippen molar-refractivity contribution < 1.29 is 74.3 Å². The summed E-state index contributed by atoms with van der Waals surface area (Å²) >= 11 is 0. The minimum atomic E-state index is -3.68. The molecule has 3 saturated heterocycles. The van der Waals surface area contributed by atoms with Crippen molar-refractivity contribution in [2.24, 2.45) is 68.0 Å². The second-order valence-corrected chi connectivity index (χ2v) is 41.7. The molecule has 6 aliphatic heterocycles. The van der Waals surface area contributed by atoms with E-state index in [1.165, 1.54) is 49.2 Å². The quantitative estimate of drug-likeness (QED) is 0.163. The number of phenols is 3. The van der Waals surface area contributed by atoms with Gasteiger partial charge in [-0.2, -0.15) is 0 Å². The lowest BCUT2D eigenvalue weighted by molar-refractivity contribution is -0.0986. The van der Waals surface area contributed by atoms with Crippen LogP contribution in [0.1, 0.15) is 227 Å². The van der Waals surface area contributed by atoms with Crippen LogP contribution in [0.2, 0.25) is 0 Å². The Hall–Kier alpha value is -4.84. The van der Waals surface area contributed by atoms with Crippen molar-refractivity contribution in [2.75, 3.05) is 96.2 Å². The number of benzene rings is 3. The number of aromatic hydroxyl groups is 3. The number of rotatable bonds is 3. The maximum Gasteiger partial charge on any atom is 0.335 e. The molecule has 0 unspecified atom stereocenters. The molecule has 12 aliphatic rings. The van der Waals surface area contributed by atoms with Crippen LogP contribution in [0.15, 0.2) is 51.1 Å². The topological polar surface area (TPSA) is 281 Å². The number of morpholine rings is 3. The number of hydrogen-bond acceptors (Lipinski definition) is 16. The maximum absolute atomic E-state index is 13.7. The molecule has 6 aliphatic carbocycles. The molecule has 15 rings (SSSR count). The fourth-order valence-electron chi connectivity index (χ4n) is 23.9. The summed E-state index contributed by atoms with van der Waals surface area (Å²) in [6, 6.07) is 8.51. The van der Waals surface area contributed by atoms with E-state index in [-0.39, 0.29) is 128 Å². The van der Waals surface area contributed by atoms with Crippen molar-refractivity contribution in [1.82, 2.24) is 15.1 Å². The number of fused-ring (bicyclic) bond motifs is 15. The van der Waals surface area contributed by atoms with Gasteiger partial charge in [-0.05, 0) is 181 Å². The van der Waals surface area contributed by atoms with Gasteiger partial charge in [-0.25, -0.2) is 30.0 Å². The summed E-state index contributed by atoms with van der Waals surface area (Å²) in [4.78, 5) is 41.3. The van der Waals surface area contributed by atoms with E-state index in [1.54, 1.807) is 9.80 Å². The second kappa shape index (κ2) is 26.3. The van der Waals surface area contributed by atoms with Gasteiger partial charge in [-0.3, -0.25) is 9.59 Å². The Kier molecular flexibility index (Phi) is 19.7. The monoisotopic (exact) mass is 1440 g/mol. The van der Waals surface area contributed by atoms with E-state index in [1.807, 2.05) is 0 Å². The van der Waals surface area contributed by atoms with Gasteiger partial charge in [-0.1, -0.05) is 102 Å². The molecule has 19 nitrogen and oxygen atoms in total. The molecule has 100 heavy (non-hydrogen) atoms. The Morgan fingerprint density at radius 1 is 0.400 bits per heavy atom. The third-order valence-corrected chi connectivity index (χ3v) is 34.0. The minimum Gasteiger partial charge on any atom is -0.508 e. The molecule has 9 fully saturated rings. The van der Waals surface area contributed by atoms with Crippen LogP contribution < -0.4 is 5.32 Å². The molecular formula is C78H113N3O16S3. The molecule has 0 spiro atoms. The maximum atomic E-state index is 13.7. The third kappa shape index (κ3) is 12.6. The van der Waals surface area contributed by atoms with E-state index < -0.39 is 51.7 Å². The normalized spacial score (nSPS) is 36.4. The van der Waals surface area contributed by atoms with E-state index in [2.05, 4.69) is 88.4 Å². The first-order chi connectivity index (χ1) is 46.6. The Bertz CT molecular complexity index is 3880. The van der Waals surface area contributed by atoms with Gasteiger partial charge in [-0.15, -0.1) is 0 Å². The highest BCUT2D eigenvalue weighted by molar-refractivity contribution is 7.92. The largest absolute Gasteiger partial charge is 0.508 e. The van der Waals surface area contributed by atoms with Crippen LogP contribution in [0.4, 0.5) is 0 Å². The summed E-state index contributed by atoms with van der Waals surface area (Å²) in [5.74, 6) is -0.587. The van der Waals surface area contributed by atoms with Crippen molar-refractivity contribution in [2.45, 2.75) is 210 Å². The van der Waals surface area contributed by atoms with Crippen molar-refractivity contribution >= 4 is 47.3 Å². The number of carboxylic acid groups (broad SMARTS) is 1. The Morgan fingerprint density at radius 3 is 0.950 bits per heavy atom. The van der Waals surface area contributed by atoms with Gasteiger partial charge >= 0.3 is 5.97 Å².